The van der Waals surface area contributed by atoms with Crippen LogP contribution >= 0.6 is 0 Å². The Morgan fingerprint density at radius 2 is 0.556 bits per heavy atom. The molecule has 0 amide bonds. The van der Waals surface area contributed by atoms with Crippen LogP contribution in [0.1, 0.15) is 24.9 Å². The monoisotopic (exact) mass is 1410 g/mol. The number of ether oxygens (including phenoxy) is 4. The zero-order valence-corrected chi connectivity index (χ0v) is 50.7. The number of H-pyrrole nitrogens is 7. The number of hydrogen-bond donors (Lipinski definition) is 23. The third kappa shape index (κ3) is 17.2. The molecule has 4 fully saturated rings. The van der Waals surface area contributed by atoms with Gasteiger partial charge in [-0.05, 0) is 0 Å². The summed E-state index contributed by atoms with van der Waals surface area (Å²) in [4.78, 5) is 106. The van der Waals surface area contributed by atoms with E-state index in [0.717, 1.165) is 0 Å². The van der Waals surface area contributed by atoms with Crippen LogP contribution in [-0.4, -0.2) is 291 Å². The lowest BCUT2D eigenvalue weighted by Crippen LogP contribution is -2.33. The molecule has 0 bridgehead atoms. The molecule has 0 radical (unpaired) electrons. The molecular formula is C49H72N26O24. The van der Waals surface area contributed by atoms with E-state index < -0.39 is 147 Å². The molecule has 15 heterocycles. The van der Waals surface area contributed by atoms with Gasteiger partial charge < -0.3 is 140 Å². The molecule has 0 aliphatic carbocycles. The Bertz CT molecular complexity index is 3860. The zero-order valence-electron chi connectivity index (χ0n) is 50.7. The summed E-state index contributed by atoms with van der Waals surface area (Å²) in [6.07, 6.45) is 2.39. The van der Waals surface area contributed by atoms with Gasteiger partial charge in [0.1, 0.15) is 73.2 Å². The van der Waals surface area contributed by atoms with Crippen molar-refractivity contribution in [2.45, 2.75) is 98.2 Å². The van der Waals surface area contributed by atoms with Crippen LogP contribution in [0.5, 0.6) is 0 Å². The van der Waals surface area contributed by atoms with E-state index in [-0.39, 0.29) is 90.4 Å². The van der Waals surface area contributed by atoms with Crippen molar-refractivity contribution in [2.24, 2.45) is 0 Å². The molecule has 542 valence electrons. The number of hydrogen-bond acceptors (Lipinski definition) is 35. The van der Waals surface area contributed by atoms with E-state index in [4.69, 9.17) is 62.3 Å². The molecule has 15 rings (SSSR count). The Balaban J connectivity index is 0.000000219. The van der Waals surface area contributed by atoms with E-state index in [9.17, 15) is 60.0 Å². The maximum atomic E-state index is 11.7. The molecule has 4 saturated heterocycles. The van der Waals surface area contributed by atoms with Gasteiger partial charge in [-0.1, -0.05) is 0 Å². The highest BCUT2D eigenvalue weighted by molar-refractivity contribution is 5.73. The van der Waals surface area contributed by atoms with Crippen molar-refractivity contribution in [2.75, 3.05) is 49.4 Å². The average molecular weight is 1410 g/mol. The fourth-order valence-corrected chi connectivity index (χ4v) is 9.60. The molecule has 11 aromatic rings. The highest BCUT2D eigenvalue weighted by Gasteiger charge is 2.47. The first kappa shape index (κ1) is 79.1. The predicted molar refractivity (Wildman–Crippen MR) is 333 cm³/mol. The van der Waals surface area contributed by atoms with Crippen LogP contribution in [-0.2, 0) is 18.9 Å². The number of fused-ring (bicyclic) bond motifs is 4. The van der Waals surface area contributed by atoms with Crippen LogP contribution in [0.25, 0.3) is 44.7 Å². The summed E-state index contributed by atoms with van der Waals surface area (Å²) in [5.41, 5.74) is 20.5. The van der Waals surface area contributed by atoms with Crippen molar-refractivity contribution < 1.29 is 102 Å². The summed E-state index contributed by atoms with van der Waals surface area (Å²) in [6.45, 7) is -1.79. The number of imidazole rings is 7. The first-order valence-electron chi connectivity index (χ1n) is 27.8. The van der Waals surface area contributed by atoms with Gasteiger partial charge in [0.2, 0.25) is 23.8 Å². The lowest BCUT2D eigenvalue weighted by Gasteiger charge is -2.16. The first-order chi connectivity index (χ1) is 45.6. The van der Waals surface area contributed by atoms with E-state index in [0.29, 0.717) is 0 Å². The van der Waals surface area contributed by atoms with Gasteiger partial charge in [-0.2, -0.15) is 19.9 Å². The third-order valence-corrected chi connectivity index (χ3v) is 14.2. The summed E-state index contributed by atoms with van der Waals surface area (Å²) in [5, 5.41) is 115. The predicted octanol–water partition coefficient (Wildman–Crippen LogP) is -12.8. The minimum absolute atomic E-state index is 0. The molecule has 50 nitrogen and oxygen atoms in total. The molecule has 4 aliphatic heterocycles. The van der Waals surface area contributed by atoms with Crippen LogP contribution in [0.4, 0.5) is 23.8 Å². The molecule has 4 aliphatic rings. The fraction of sp³-hybridized carbons (Fsp3) is 0.408. The van der Waals surface area contributed by atoms with Crippen LogP contribution in [0, 0.1) is 0 Å². The Morgan fingerprint density at radius 3 is 0.697 bits per heavy atom. The number of nitrogens with zero attached hydrogens (tertiary/aromatic N) is 15. The maximum absolute atomic E-state index is 11.7. The number of aromatic amines is 7. The summed E-state index contributed by atoms with van der Waals surface area (Å²) < 4.78 is 26.6. The number of nitrogens with two attached hydrogens (primary N) is 4. The Kier molecular flexibility index (Phi) is 28.0. The quantitative estimate of drug-likeness (QED) is 0.0672. The number of nitrogens with one attached hydrogen (secondary N) is 7. The molecule has 0 spiro atoms. The summed E-state index contributed by atoms with van der Waals surface area (Å²) in [7, 11) is 0. The van der Waals surface area contributed by atoms with Crippen molar-refractivity contribution in [3.8, 4) is 0 Å². The van der Waals surface area contributed by atoms with Crippen molar-refractivity contribution >= 4 is 68.4 Å². The normalized spacial score (nSPS) is 25.6. The van der Waals surface area contributed by atoms with Gasteiger partial charge in [-0.15, -0.1) is 0 Å². The van der Waals surface area contributed by atoms with Crippen molar-refractivity contribution in [1.82, 2.24) is 108 Å². The summed E-state index contributed by atoms with van der Waals surface area (Å²) in [6, 6.07) is 0. The highest BCUT2D eigenvalue weighted by Crippen LogP contribution is 2.34. The van der Waals surface area contributed by atoms with E-state index in [1.165, 1.54) is 43.6 Å². The third-order valence-electron chi connectivity index (χ3n) is 14.2. The molecule has 0 aromatic carbocycles. The molecule has 0 saturated carbocycles. The van der Waals surface area contributed by atoms with E-state index >= 15 is 0 Å². The van der Waals surface area contributed by atoms with Crippen molar-refractivity contribution in [3.05, 3.63) is 123 Å². The van der Waals surface area contributed by atoms with Crippen LogP contribution in [0.3, 0.4) is 0 Å². The van der Waals surface area contributed by atoms with E-state index in [2.05, 4.69) is 89.7 Å². The van der Waals surface area contributed by atoms with Gasteiger partial charge in [0, 0.05) is 37.2 Å². The summed E-state index contributed by atoms with van der Waals surface area (Å²) in [5.74, 6) is -0.404. The molecule has 50 heteroatoms. The second-order valence-electron chi connectivity index (χ2n) is 20.3. The van der Waals surface area contributed by atoms with Crippen LogP contribution in [0.2, 0.25) is 0 Å². The Labute approximate surface area is 547 Å². The second-order valence-corrected chi connectivity index (χ2v) is 20.3. The van der Waals surface area contributed by atoms with Gasteiger partial charge >= 0.3 is 0 Å². The van der Waals surface area contributed by atoms with Gasteiger partial charge in [0.15, 0.2) is 69.6 Å². The summed E-state index contributed by atoms with van der Waals surface area (Å²) >= 11 is 0. The molecule has 11 aromatic heterocycles. The number of nitrogen functional groups attached to an aromatic ring is 4. The minimum Gasteiger partial charge on any atom is -0.412 e. The molecular weight excluding hydrogens is 1340 g/mol. The SMILES string of the molecule is Nc1nc2c(ncn2[C@@H]2O[C@H](CO)[C@@H](O)[C@H]2O)c(=O)[nH]1.Nc1nc2c(ncn2[C@@H]2O[C@H](CO)[C@@H](O)[C@H]2O)c(=O)[nH]1.Nc1nc2c(ncn2[C@@H]2O[C@H](CO)[C@@H](O)[C@H]2O)c(=O)[nH]1.Nc1nc2c(ncn2[C@@H]2O[C@H](CO)[C@@H](O)[C@H]2O)c(=O)[nH]1.O.O.O.O.c1c[nH]cn1.c1c[nH]cn1.c1c[nH]cn1. The fourth-order valence-electron chi connectivity index (χ4n) is 9.60. The first-order valence-corrected chi connectivity index (χ1v) is 27.8. The number of aliphatic hydroxyl groups is 12. The minimum atomic E-state index is -1.29. The molecule has 35 N–H and O–H groups in total. The second kappa shape index (κ2) is 35.1. The van der Waals surface area contributed by atoms with Crippen LogP contribution < -0.4 is 45.2 Å². The van der Waals surface area contributed by atoms with Crippen molar-refractivity contribution in [3.63, 3.8) is 0 Å². The standard InChI is InChI=1S/4C10H13N5O5.3C3H4N2.4H2O/c4*11-10-13-7-4(8(19)14-10)12-2-15(7)9-6(18)5(17)3(1-16)20-9;3*1-2-5-3-4-1;;;;/h4*2-3,5-6,9,16-18H,1H2,(H3,11,13,14,19);3*1-3H,(H,4,5);4*1H2/t4*3-,5-,6-,9-;;;;;;;/m1111......./s1. The zero-order chi connectivity index (χ0) is 68.4. The number of rotatable bonds is 8. The number of aromatic nitrogens is 22. The Morgan fingerprint density at radius 1 is 0.354 bits per heavy atom. The number of aliphatic hydroxyl groups excluding tert-OH is 12. The largest absolute Gasteiger partial charge is 0.412 e. The van der Waals surface area contributed by atoms with Crippen molar-refractivity contribution in [1.29, 1.82) is 0 Å². The molecule has 16 atom stereocenters. The van der Waals surface area contributed by atoms with Gasteiger partial charge in [0.05, 0.1) is 70.7 Å². The maximum Gasteiger partial charge on any atom is 0.280 e. The van der Waals surface area contributed by atoms with Gasteiger partial charge in [-0.3, -0.25) is 57.4 Å². The van der Waals surface area contributed by atoms with E-state index in [1.807, 2.05) is 0 Å². The average Bonchev–Trinajstić information content (AvgIpc) is 1.65. The van der Waals surface area contributed by atoms with E-state index in [1.54, 1.807) is 56.2 Å². The molecule has 99 heavy (non-hydrogen) atoms. The Hall–Kier alpha value is -10.6. The highest BCUT2D eigenvalue weighted by atomic mass is 16.6. The number of anilines is 4. The van der Waals surface area contributed by atoms with Crippen LogP contribution in [0.15, 0.2) is 101 Å². The lowest BCUT2D eigenvalue weighted by atomic mass is 10.1. The smallest absolute Gasteiger partial charge is 0.280 e. The topological polar surface area (TPSA) is 850 Å². The lowest BCUT2D eigenvalue weighted by molar-refractivity contribution is -0.0511. The van der Waals surface area contributed by atoms with Gasteiger partial charge in [0.25, 0.3) is 22.2 Å². The molecule has 0 unspecified atom stereocenters. The van der Waals surface area contributed by atoms with Gasteiger partial charge in [-0.25, -0.2) is 34.9 Å².